The number of carboxylic acids is 1. The molecule has 0 heterocycles. The van der Waals surface area contributed by atoms with Crippen molar-refractivity contribution in [1.82, 2.24) is 10.6 Å². The van der Waals surface area contributed by atoms with E-state index in [0.29, 0.717) is 0 Å². The molecular formula is C26H26N2O5. The lowest BCUT2D eigenvalue weighted by Crippen LogP contribution is -2.61. The van der Waals surface area contributed by atoms with E-state index in [1.54, 1.807) is 6.92 Å². The molecule has 2 aliphatic carbocycles. The molecule has 170 valence electrons. The minimum Gasteiger partial charge on any atom is -0.480 e. The van der Waals surface area contributed by atoms with Gasteiger partial charge in [0.05, 0.1) is 0 Å². The van der Waals surface area contributed by atoms with Gasteiger partial charge in [-0.3, -0.25) is 4.79 Å². The number of hydrogen-bond acceptors (Lipinski definition) is 4. The van der Waals surface area contributed by atoms with Crippen molar-refractivity contribution in [3.05, 3.63) is 59.7 Å². The van der Waals surface area contributed by atoms with Crippen LogP contribution in [0.2, 0.25) is 0 Å². The van der Waals surface area contributed by atoms with E-state index in [2.05, 4.69) is 28.7 Å². The van der Waals surface area contributed by atoms with E-state index in [1.807, 2.05) is 36.4 Å². The normalized spacial score (nSPS) is 17.0. The zero-order valence-corrected chi connectivity index (χ0v) is 18.3. The summed E-state index contributed by atoms with van der Waals surface area (Å²) in [6, 6.07) is 14.8. The van der Waals surface area contributed by atoms with E-state index in [1.165, 1.54) is 0 Å². The topological polar surface area (TPSA) is 105 Å². The van der Waals surface area contributed by atoms with Gasteiger partial charge in [-0.2, -0.15) is 0 Å². The van der Waals surface area contributed by atoms with Crippen LogP contribution in [0.25, 0.3) is 11.1 Å². The smallest absolute Gasteiger partial charge is 0.408 e. The number of amides is 2. The maximum absolute atomic E-state index is 12.9. The third-order valence-electron chi connectivity index (χ3n) is 6.50. The van der Waals surface area contributed by atoms with Crippen LogP contribution < -0.4 is 10.6 Å². The van der Waals surface area contributed by atoms with Crippen molar-refractivity contribution in [2.45, 2.75) is 43.7 Å². The number of carboxylic acid groups (broad SMARTS) is 1. The van der Waals surface area contributed by atoms with Crippen LogP contribution in [0, 0.1) is 18.3 Å². The summed E-state index contributed by atoms with van der Waals surface area (Å²) >= 11 is 0. The van der Waals surface area contributed by atoms with Crippen molar-refractivity contribution in [2.75, 3.05) is 6.61 Å². The third kappa shape index (κ3) is 4.42. The van der Waals surface area contributed by atoms with Crippen LogP contribution in [0.3, 0.4) is 0 Å². The fourth-order valence-electron chi connectivity index (χ4n) is 4.48. The number of nitrogens with one attached hydrogen (secondary N) is 2. The van der Waals surface area contributed by atoms with Gasteiger partial charge in [-0.25, -0.2) is 9.59 Å². The molecule has 4 rings (SSSR count). The number of rotatable bonds is 8. The number of hydrogen-bond donors (Lipinski definition) is 3. The van der Waals surface area contributed by atoms with Gasteiger partial charge in [0.1, 0.15) is 18.2 Å². The molecule has 2 aliphatic rings. The molecule has 0 radical (unpaired) electrons. The van der Waals surface area contributed by atoms with E-state index in [9.17, 15) is 19.5 Å². The second-order valence-electron chi connectivity index (χ2n) is 8.70. The summed E-state index contributed by atoms with van der Waals surface area (Å²) in [6.45, 7) is 1.72. The molecule has 2 atom stereocenters. The summed E-state index contributed by atoms with van der Waals surface area (Å²) in [5.41, 5.74) is 3.14. The first kappa shape index (κ1) is 22.4. The zero-order valence-electron chi connectivity index (χ0n) is 18.3. The number of fused-ring (bicyclic) bond motifs is 3. The fourth-order valence-corrected chi connectivity index (χ4v) is 4.48. The summed E-state index contributed by atoms with van der Waals surface area (Å²) in [4.78, 5) is 37.1. The summed E-state index contributed by atoms with van der Waals surface area (Å²) in [5, 5.41) is 14.5. The third-order valence-corrected chi connectivity index (χ3v) is 6.50. The second-order valence-corrected chi connectivity index (χ2v) is 8.70. The molecule has 2 amide bonds. The number of benzene rings is 2. The molecule has 0 aromatic heterocycles. The molecule has 1 saturated carbocycles. The van der Waals surface area contributed by atoms with Crippen molar-refractivity contribution in [3.63, 3.8) is 0 Å². The van der Waals surface area contributed by atoms with Crippen molar-refractivity contribution in [2.24, 2.45) is 5.92 Å². The highest BCUT2D eigenvalue weighted by Crippen LogP contribution is 2.44. The highest BCUT2D eigenvalue weighted by molar-refractivity contribution is 5.93. The average Bonchev–Trinajstić information content (AvgIpc) is 3.61. The van der Waals surface area contributed by atoms with Gasteiger partial charge in [0.2, 0.25) is 5.91 Å². The van der Waals surface area contributed by atoms with E-state index in [0.717, 1.165) is 35.1 Å². The fraction of sp³-hybridized carbons (Fsp3) is 0.346. The van der Waals surface area contributed by atoms with Crippen molar-refractivity contribution in [1.29, 1.82) is 0 Å². The lowest BCUT2D eigenvalue weighted by atomic mass is 9.94. The summed E-state index contributed by atoms with van der Waals surface area (Å²) in [7, 11) is 0. The van der Waals surface area contributed by atoms with Crippen LogP contribution in [0.15, 0.2) is 48.5 Å². The maximum atomic E-state index is 12.9. The Morgan fingerprint density at radius 3 is 2.21 bits per heavy atom. The van der Waals surface area contributed by atoms with E-state index < -0.39 is 29.6 Å². The van der Waals surface area contributed by atoms with Crippen molar-refractivity contribution >= 4 is 18.0 Å². The van der Waals surface area contributed by atoms with Crippen LogP contribution in [0.5, 0.6) is 0 Å². The molecule has 2 unspecified atom stereocenters. The predicted molar refractivity (Wildman–Crippen MR) is 122 cm³/mol. The van der Waals surface area contributed by atoms with Gasteiger partial charge in [-0.1, -0.05) is 48.5 Å². The minimum absolute atomic E-state index is 0.0988. The highest BCUT2D eigenvalue weighted by Gasteiger charge is 2.49. The number of carbonyl (C=O) groups is 3. The van der Waals surface area contributed by atoms with Crippen LogP contribution in [-0.4, -0.2) is 41.3 Å². The Morgan fingerprint density at radius 2 is 1.70 bits per heavy atom. The van der Waals surface area contributed by atoms with Gasteiger partial charge in [0.25, 0.3) is 0 Å². The summed E-state index contributed by atoms with van der Waals surface area (Å²) < 4.78 is 5.58. The van der Waals surface area contributed by atoms with Crippen LogP contribution >= 0.6 is 0 Å². The molecule has 3 N–H and O–H groups in total. The summed E-state index contributed by atoms with van der Waals surface area (Å²) in [5.74, 6) is 0.248. The number of aliphatic carboxylic acids is 1. The Labute approximate surface area is 192 Å². The first-order valence-electron chi connectivity index (χ1n) is 11.0. The van der Waals surface area contributed by atoms with Crippen molar-refractivity contribution in [3.8, 4) is 23.5 Å². The number of terminal acetylenes is 1. The SMILES string of the molecule is C#CCC(NC(=O)C(C)(NC(=O)OCC1c2ccccc2-c2ccccc21)C1CC1)C(=O)O. The molecule has 7 nitrogen and oxygen atoms in total. The number of alkyl carbamates (subject to hydrolysis) is 1. The Hall–Kier alpha value is -3.79. The maximum Gasteiger partial charge on any atom is 0.408 e. The van der Waals surface area contributed by atoms with Gasteiger partial charge in [0.15, 0.2) is 0 Å². The van der Waals surface area contributed by atoms with Crippen LogP contribution in [-0.2, 0) is 14.3 Å². The Morgan fingerprint density at radius 1 is 1.12 bits per heavy atom. The predicted octanol–water partition coefficient (Wildman–Crippen LogP) is 3.29. The molecule has 0 spiro atoms. The van der Waals surface area contributed by atoms with Crippen LogP contribution in [0.4, 0.5) is 4.79 Å². The Kier molecular flexibility index (Phi) is 6.10. The minimum atomic E-state index is -1.29. The van der Waals surface area contributed by atoms with Gasteiger partial charge in [-0.05, 0) is 47.9 Å². The molecule has 2 aromatic rings. The van der Waals surface area contributed by atoms with E-state index in [4.69, 9.17) is 11.2 Å². The number of ether oxygens (including phenoxy) is 1. The quantitative estimate of drug-likeness (QED) is 0.540. The molecule has 2 aromatic carbocycles. The molecular weight excluding hydrogens is 420 g/mol. The van der Waals surface area contributed by atoms with Gasteiger partial charge >= 0.3 is 12.1 Å². The monoisotopic (exact) mass is 446 g/mol. The molecule has 33 heavy (non-hydrogen) atoms. The highest BCUT2D eigenvalue weighted by atomic mass is 16.5. The van der Waals surface area contributed by atoms with Crippen molar-refractivity contribution < 1.29 is 24.2 Å². The lowest BCUT2D eigenvalue weighted by Gasteiger charge is -2.30. The molecule has 7 heteroatoms. The van der Waals surface area contributed by atoms with Gasteiger partial charge in [0, 0.05) is 12.3 Å². The standard InChI is InChI=1S/C26H26N2O5/c1-3-8-22(23(29)30)27-24(31)26(2,16-13-14-16)28-25(32)33-15-21-19-11-6-4-9-17(19)18-10-5-7-12-20(18)21/h1,4-7,9-12,16,21-22H,8,13-15H2,2H3,(H,27,31)(H,28,32)(H,29,30). The molecule has 0 saturated heterocycles. The second kappa shape index (κ2) is 8.99. The molecule has 0 aliphatic heterocycles. The summed E-state index contributed by atoms with van der Waals surface area (Å²) in [6.07, 6.45) is 5.86. The van der Waals surface area contributed by atoms with Crippen LogP contribution in [0.1, 0.15) is 43.2 Å². The van der Waals surface area contributed by atoms with E-state index >= 15 is 0 Å². The van der Waals surface area contributed by atoms with Gasteiger partial charge < -0.3 is 20.5 Å². The average molecular weight is 447 g/mol. The number of carbonyl (C=O) groups excluding carboxylic acids is 2. The Balaban J connectivity index is 1.45. The lowest BCUT2D eigenvalue weighted by molar-refractivity contribution is -0.142. The van der Waals surface area contributed by atoms with E-state index in [-0.39, 0.29) is 24.9 Å². The Bertz CT molecular complexity index is 1090. The molecule has 1 fully saturated rings. The largest absolute Gasteiger partial charge is 0.480 e. The zero-order chi connectivity index (χ0) is 23.6. The van der Waals surface area contributed by atoms with Gasteiger partial charge in [-0.15, -0.1) is 12.3 Å². The first-order valence-corrected chi connectivity index (χ1v) is 11.0. The molecule has 0 bridgehead atoms. The first-order chi connectivity index (χ1) is 15.8.